The van der Waals surface area contributed by atoms with Gasteiger partial charge in [-0.2, -0.15) is 0 Å². The minimum atomic E-state index is -0.238. The summed E-state index contributed by atoms with van der Waals surface area (Å²) in [5.41, 5.74) is 4.60. The molecule has 0 atom stereocenters. The lowest BCUT2D eigenvalue weighted by Gasteiger charge is -2.09. The summed E-state index contributed by atoms with van der Waals surface area (Å²) >= 11 is 0. The smallest absolute Gasteiger partial charge is 0.259 e. The molecule has 1 aromatic carbocycles. The molecule has 0 fully saturated rings. The second-order valence-corrected chi connectivity index (χ2v) is 8.27. The van der Waals surface area contributed by atoms with Crippen LogP contribution < -0.4 is 10.1 Å². The van der Waals surface area contributed by atoms with Gasteiger partial charge in [0.15, 0.2) is 0 Å². The van der Waals surface area contributed by atoms with E-state index in [9.17, 15) is 4.79 Å². The minimum Gasteiger partial charge on any atom is -0.487 e. The third-order valence-corrected chi connectivity index (χ3v) is 5.67. The molecule has 0 saturated carbocycles. The van der Waals surface area contributed by atoms with Gasteiger partial charge >= 0.3 is 0 Å². The van der Waals surface area contributed by atoms with Crippen molar-refractivity contribution in [1.29, 1.82) is 0 Å². The van der Waals surface area contributed by atoms with Gasteiger partial charge in [0.1, 0.15) is 23.9 Å². The van der Waals surface area contributed by atoms with Crippen molar-refractivity contribution in [2.75, 3.05) is 0 Å². The van der Waals surface area contributed by atoms with Gasteiger partial charge in [0, 0.05) is 18.3 Å². The molecule has 1 amide bonds. The normalized spacial score (nSPS) is 11.1. The Labute approximate surface area is 201 Å². The van der Waals surface area contributed by atoms with Gasteiger partial charge in [-0.05, 0) is 62.7 Å². The van der Waals surface area contributed by atoms with Crippen molar-refractivity contribution in [3.63, 3.8) is 0 Å². The van der Waals surface area contributed by atoms with Crippen LogP contribution in [0, 0.1) is 20.8 Å². The number of rotatable bonds is 7. The number of pyridine rings is 2. The van der Waals surface area contributed by atoms with Gasteiger partial charge in [-0.3, -0.25) is 9.78 Å². The molecule has 4 aromatic heterocycles. The molecule has 4 heterocycles. The SMILES string of the molecule is Cc1cc(-c2cc(C(=O)NCc3ccc(OCc4ccccn4)cc3)c3c(C)noc3n2)c(C)o1. The van der Waals surface area contributed by atoms with E-state index in [0.717, 1.165) is 34.1 Å². The van der Waals surface area contributed by atoms with Crippen molar-refractivity contribution in [1.82, 2.24) is 20.4 Å². The lowest BCUT2D eigenvalue weighted by molar-refractivity contribution is 0.0952. The van der Waals surface area contributed by atoms with Crippen LogP contribution in [0.2, 0.25) is 0 Å². The Kier molecular flexibility index (Phi) is 6.01. The van der Waals surface area contributed by atoms with E-state index in [-0.39, 0.29) is 5.91 Å². The van der Waals surface area contributed by atoms with Crippen LogP contribution in [0.15, 0.2) is 69.7 Å². The van der Waals surface area contributed by atoms with E-state index >= 15 is 0 Å². The number of carbonyl (C=O) groups excluding carboxylic acids is 1. The second-order valence-electron chi connectivity index (χ2n) is 8.27. The van der Waals surface area contributed by atoms with Gasteiger partial charge in [-0.1, -0.05) is 23.4 Å². The minimum absolute atomic E-state index is 0.238. The van der Waals surface area contributed by atoms with Crippen molar-refractivity contribution in [3.05, 3.63) is 94.8 Å². The monoisotopic (exact) mass is 468 g/mol. The van der Waals surface area contributed by atoms with Crippen molar-refractivity contribution in [2.24, 2.45) is 0 Å². The maximum absolute atomic E-state index is 13.2. The fourth-order valence-corrected chi connectivity index (χ4v) is 3.92. The number of carbonyl (C=O) groups is 1. The number of amides is 1. The van der Waals surface area contributed by atoms with Crippen LogP contribution in [0.1, 0.15) is 38.8 Å². The Bertz CT molecular complexity index is 1490. The molecular weight excluding hydrogens is 444 g/mol. The van der Waals surface area contributed by atoms with E-state index in [1.54, 1.807) is 19.2 Å². The molecule has 5 rings (SSSR count). The van der Waals surface area contributed by atoms with Gasteiger partial charge in [0.05, 0.1) is 28.0 Å². The number of aromatic nitrogens is 3. The third-order valence-electron chi connectivity index (χ3n) is 5.67. The molecule has 35 heavy (non-hydrogen) atoms. The van der Waals surface area contributed by atoms with Gasteiger partial charge in [-0.15, -0.1) is 0 Å². The molecule has 0 unspecified atom stereocenters. The number of furan rings is 1. The van der Waals surface area contributed by atoms with Crippen LogP contribution in [0.4, 0.5) is 0 Å². The first kappa shape index (κ1) is 22.3. The van der Waals surface area contributed by atoms with Crippen LogP contribution in [-0.4, -0.2) is 21.0 Å². The van der Waals surface area contributed by atoms with Gasteiger partial charge in [0.25, 0.3) is 11.6 Å². The number of nitrogens with zero attached hydrogens (tertiary/aromatic N) is 3. The van der Waals surface area contributed by atoms with E-state index in [1.807, 2.05) is 62.4 Å². The average molecular weight is 469 g/mol. The summed E-state index contributed by atoms with van der Waals surface area (Å²) in [5, 5.41) is 7.60. The molecule has 0 aliphatic carbocycles. The summed E-state index contributed by atoms with van der Waals surface area (Å²) in [5.74, 6) is 1.99. The van der Waals surface area contributed by atoms with Gasteiger partial charge in [0.2, 0.25) is 0 Å². The molecule has 0 aliphatic heterocycles. The maximum Gasteiger partial charge on any atom is 0.259 e. The van der Waals surface area contributed by atoms with Crippen LogP contribution in [-0.2, 0) is 13.2 Å². The first-order chi connectivity index (χ1) is 17.0. The Balaban J connectivity index is 1.31. The predicted octanol–water partition coefficient (Wildman–Crippen LogP) is 5.31. The first-order valence-corrected chi connectivity index (χ1v) is 11.2. The summed E-state index contributed by atoms with van der Waals surface area (Å²) in [7, 11) is 0. The molecule has 8 nitrogen and oxygen atoms in total. The zero-order chi connectivity index (χ0) is 24.4. The van der Waals surface area contributed by atoms with Crippen LogP contribution in [0.5, 0.6) is 5.75 Å². The number of fused-ring (bicyclic) bond motifs is 1. The molecule has 176 valence electrons. The number of hydrogen-bond donors (Lipinski definition) is 1. The van der Waals surface area contributed by atoms with Gasteiger partial charge in [-0.25, -0.2) is 4.98 Å². The maximum atomic E-state index is 13.2. The highest BCUT2D eigenvalue weighted by Gasteiger charge is 2.21. The second kappa shape index (κ2) is 9.42. The third kappa shape index (κ3) is 4.77. The zero-order valence-electron chi connectivity index (χ0n) is 19.7. The largest absolute Gasteiger partial charge is 0.487 e. The van der Waals surface area contributed by atoms with Crippen LogP contribution in [0.3, 0.4) is 0 Å². The molecule has 1 N–H and O–H groups in total. The zero-order valence-corrected chi connectivity index (χ0v) is 19.7. The highest BCUT2D eigenvalue weighted by atomic mass is 16.5. The molecule has 8 heteroatoms. The van der Waals surface area contributed by atoms with E-state index in [4.69, 9.17) is 13.7 Å². The highest BCUT2D eigenvalue weighted by molar-refractivity contribution is 6.07. The van der Waals surface area contributed by atoms with E-state index in [0.29, 0.717) is 41.2 Å². The molecule has 0 aliphatic rings. The number of nitrogens with one attached hydrogen (secondary N) is 1. The quantitative estimate of drug-likeness (QED) is 0.345. The van der Waals surface area contributed by atoms with Crippen LogP contribution >= 0.6 is 0 Å². The summed E-state index contributed by atoms with van der Waals surface area (Å²) in [6.45, 7) is 6.28. The lowest BCUT2D eigenvalue weighted by Crippen LogP contribution is -2.23. The van der Waals surface area contributed by atoms with E-state index in [1.165, 1.54) is 0 Å². The Hall–Kier alpha value is -4.46. The molecule has 5 aromatic rings. The Morgan fingerprint density at radius 1 is 1.06 bits per heavy atom. The van der Waals surface area contributed by atoms with E-state index < -0.39 is 0 Å². The highest BCUT2D eigenvalue weighted by Crippen LogP contribution is 2.30. The number of benzene rings is 1. The fourth-order valence-electron chi connectivity index (χ4n) is 3.92. The lowest BCUT2D eigenvalue weighted by atomic mass is 10.1. The van der Waals surface area contributed by atoms with Crippen molar-refractivity contribution in [2.45, 2.75) is 33.9 Å². The number of ether oxygens (including phenoxy) is 1. The summed E-state index contributed by atoms with van der Waals surface area (Å²) in [6, 6.07) is 17.0. The standard InChI is InChI=1S/C27H24N4O4/c1-16-12-22(18(3)34-16)24-13-23(25-17(2)31-35-27(25)30-24)26(32)29-14-19-7-9-21(10-8-19)33-15-20-6-4-5-11-28-20/h4-13H,14-15H2,1-3H3,(H,29,32). The molecule has 0 spiro atoms. The Morgan fingerprint density at radius 3 is 2.60 bits per heavy atom. The average Bonchev–Trinajstić information content (AvgIpc) is 3.42. The van der Waals surface area contributed by atoms with Crippen molar-refractivity contribution >= 4 is 17.0 Å². The summed E-state index contributed by atoms with van der Waals surface area (Å²) < 4.78 is 16.8. The van der Waals surface area contributed by atoms with E-state index in [2.05, 4.69) is 20.4 Å². The first-order valence-electron chi connectivity index (χ1n) is 11.2. The van der Waals surface area contributed by atoms with Gasteiger partial charge < -0.3 is 19.0 Å². The molecule has 0 bridgehead atoms. The summed E-state index contributed by atoms with van der Waals surface area (Å²) in [6.07, 6.45) is 1.74. The molecule has 0 saturated heterocycles. The number of hydrogen-bond acceptors (Lipinski definition) is 7. The number of aryl methyl sites for hydroxylation is 3. The summed E-state index contributed by atoms with van der Waals surface area (Å²) in [4.78, 5) is 22.0. The molecule has 0 radical (unpaired) electrons. The fraction of sp³-hybridized carbons (Fsp3) is 0.185. The van der Waals surface area contributed by atoms with Crippen molar-refractivity contribution in [3.8, 4) is 17.0 Å². The van der Waals surface area contributed by atoms with Crippen LogP contribution in [0.25, 0.3) is 22.4 Å². The Morgan fingerprint density at radius 2 is 1.89 bits per heavy atom. The topological polar surface area (TPSA) is 103 Å². The predicted molar refractivity (Wildman–Crippen MR) is 130 cm³/mol. The van der Waals surface area contributed by atoms with Crippen molar-refractivity contribution < 1.29 is 18.5 Å². The molecular formula is C27H24N4O4.